The first-order valence-corrected chi connectivity index (χ1v) is 7.36. The van der Waals surface area contributed by atoms with Crippen LogP contribution in [0.25, 0.3) is 10.8 Å². The Morgan fingerprint density at radius 1 is 1.30 bits per heavy atom. The summed E-state index contributed by atoms with van der Waals surface area (Å²) in [5.74, 6) is 0.724. The van der Waals surface area contributed by atoms with Crippen LogP contribution in [0.15, 0.2) is 30.5 Å². The Morgan fingerprint density at radius 2 is 2.15 bits per heavy atom. The predicted octanol–water partition coefficient (Wildman–Crippen LogP) is 2.80. The average molecular weight is 271 g/mol. The van der Waals surface area contributed by atoms with Crippen LogP contribution >= 0.6 is 0 Å². The third kappa shape index (κ3) is 2.70. The van der Waals surface area contributed by atoms with Crippen LogP contribution in [-0.2, 0) is 0 Å². The maximum absolute atomic E-state index is 5.69. The molecule has 2 aromatic rings. The standard InChI is InChI=1S/C16H21N3O/c1-2-20-16-15-12(6-11-18-16)4-3-5-14(15)19-13-7-9-17-10-8-13/h3-6,11,13,17,19H,2,7-10H2,1H3. The summed E-state index contributed by atoms with van der Waals surface area (Å²) < 4.78 is 5.69. The van der Waals surface area contributed by atoms with E-state index in [1.807, 2.05) is 19.2 Å². The number of piperidine rings is 1. The zero-order valence-corrected chi connectivity index (χ0v) is 11.9. The Hall–Kier alpha value is -1.81. The lowest BCUT2D eigenvalue weighted by atomic mass is 10.0. The van der Waals surface area contributed by atoms with Crippen molar-refractivity contribution >= 4 is 16.5 Å². The lowest BCUT2D eigenvalue weighted by Gasteiger charge is -2.25. The molecule has 106 valence electrons. The topological polar surface area (TPSA) is 46.2 Å². The second kappa shape index (κ2) is 6.09. The summed E-state index contributed by atoms with van der Waals surface area (Å²) in [4.78, 5) is 4.38. The fraction of sp³-hybridized carbons (Fsp3) is 0.438. The van der Waals surface area contributed by atoms with Crippen LogP contribution in [0.5, 0.6) is 5.88 Å². The molecule has 0 bridgehead atoms. The molecule has 0 unspecified atom stereocenters. The number of nitrogens with one attached hydrogen (secondary N) is 2. The zero-order chi connectivity index (χ0) is 13.8. The smallest absolute Gasteiger partial charge is 0.223 e. The molecule has 3 rings (SSSR count). The highest BCUT2D eigenvalue weighted by Gasteiger charge is 2.15. The van der Waals surface area contributed by atoms with E-state index >= 15 is 0 Å². The Labute approximate surface area is 119 Å². The molecule has 4 nitrogen and oxygen atoms in total. The summed E-state index contributed by atoms with van der Waals surface area (Å²) >= 11 is 0. The molecule has 1 aromatic carbocycles. The average Bonchev–Trinajstić information content (AvgIpc) is 2.49. The van der Waals surface area contributed by atoms with Gasteiger partial charge < -0.3 is 15.4 Å². The van der Waals surface area contributed by atoms with E-state index in [2.05, 4.69) is 33.8 Å². The number of aromatic nitrogens is 1. The monoisotopic (exact) mass is 271 g/mol. The Morgan fingerprint density at radius 3 is 2.95 bits per heavy atom. The first-order chi connectivity index (χ1) is 9.88. The van der Waals surface area contributed by atoms with Gasteiger partial charge in [0.1, 0.15) is 0 Å². The number of rotatable bonds is 4. The lowest BCUT2D eigenvalue weighted by molar-refractivity contribution is 0.331. The number of ether oxygens (including phenoxy) is 1. The van der Waals surface area contributed by atoms with Gasteiger partial charge in [-0.3, -0.25) is 0 Å². The Balaban J connectivity index is 1.96. The van der Waals surface area contributed by atoms with Crippen molar-refractivity contribution in [1.82, 2.24) is 10.3 Å². The molecule has 2 heterocycles. The second-order valence-electron chi connectivity index (χ2n) is 5.12. The van der Waals surface area contributed by atoms with Gasteiger partial charge in [0.2, 0.25) is 5.88 Å². The van der Waals surface area contributed by atoms with Crippen molar-refractivity contribution < 1.29 is 4.74 Å². The minimum atomic E-state index is 0.525. The number of benzene rings is 1. The summed E-state index contributed by atoms with van der Waals surface area (Å²) in [7, 11) is 0. The van der Waals surface area contributed by atoms with Crippen molar-refractivity contribution in [3.63, 3.8) is 0 Å². The summed E-state index contributed by atoms with van der Waals surface area (Å²) in [5, 5.41) is 9.32. The van der Waals surface area contributed by atoms with E-state index in [1.165, 1.54) is 5.39 Å². The largest absolute Gasteiger partial charge is 0.477 e. The van der Waals surface area contributed by atoms with Gasteiger partial charge in [0, 0.05) is 17.9 Å². The summed E-state index contributed by atoms with van der Waals surface area (Å²) in [5.41, 5.74) is 1.13. The molecule has 0 radical (unpaired) electrons. The van der Waals surface area contributed by atoms with E-state index in [1.54, 1.807) is 0 Å². The van der Waals surface area contributed by atoms with Gasteiger partial charge in [-0.05, 0) is 50.4 Å². The third-order valence-electron chi connectivity index (χ3n) is 3.74. The molecular formula is C16H21N3O. The number of pyridine rings is 1. The van der Waals surface area contributed by atoms with E-state index in [4.69, 9.17) is 4.74 Å². The first-order valence-electron chi connectivity index (χ1n) is 7.36. The molecule has 1 aliphatic heterocycles. The number of nitrogens with zero attached hydrogens (tertiary/aromatic N) is 1. The van der Waals surface area contributed by atoms with Gasteiger partial charge in [-0.15, -0.1) is 0 Å². The van der Waals surface area contributed by atoms with Gasteiger partial charge in [-0.1, -0.05) is 12.1 Å². The van der Waals surface area contributed by atoms with Crippen molar-refractivity contribution in [1.29, 1.82) is 0 Å². The maximum Gasteiger partial charge on any atom is 0.223 e. The molecule has 1 aromatic heterocycles. The van der Waals surface area contributed by atoms with Gasteiger partial charge in [0.25, 0.3) is 0 Å². The highest BCUT2D eigenvalue weighted by atomic mass is 16.5. The van der Waals surface area contributed by atoms with Crippen molar-refractivity contribution in [2.24, 2.45) is 0 Å². The predicted molar refractivity (Wildman–Crippen MR) is 82.4 cm³/mol. The van der Waals surface area contributed by atoms with Crippen LogP contribution in [0.4, 0.5) is 5.69 Å². The van der Waals surface area contributed by atoms with E-state index in [-0.39, 0.29) is 0 Å². The minimum absolute atomic E-state index is 0.525. The van der Waals surface area contributed by atoms with Crippen molar-refractivity contribution in [3.05, 3.63) is 30.5 Å². The van der Waals surface area contributed by atoms with Crippen LogP contribution in [0.2, 0.25) is 0 Å². The normalized spacial score (nSPS) is 16.2. The Kier molecular flexibility index (Phi) is 4.02. The maximum atomic E-state index is 5.69. The number of hydrogen-bond acceptors (Lipinski definition) is 4. The lowest BCUT2D eigenvalue weighted by Crippen LogP contribution is -2.35. The van der Waals surface area contributed by atoms with Gasteiger partial charge in [0.05, 0.1) is 12.0 Å². The van der Waals surface area contributed by atoms with Crippen LogP contribution in [-0.4, -0.2) is 30.7 Å². The van der Waals surface area contributed by atoms with Crippen molar-refractivity contribution in [2.45, 2.75) is 25.8 Å². The van der Waals surface area contributed by atoms with Crippen LogP contribution in [0, 0.1) is 0 Å². The summed E-state index contributed by atoms with van der Waals surface area (Å²) in [6.45, 7) is 4.79. The molecule has 0 saturated carbocycles. The Bertz CT molecular complexity index is 574. The van der Waals surface area contributed by atoms with E-state index in [0.29, 0.717) is 12.6 Å². The van der Waals surface area contributed by atoms with Gasteiger partial charge >= 0.3 is 0 Å². The molecule has 1 fully saturated rings. The van der Waals surface area contributed by atoms with Gasteiger partial charge in [-0.25, -0.2) is 4.98 Å². The molecular weight excluding hydrogens is 250 g/mol. The van der Waals surface area contributed by atoms with Gasteiger partial charge in [-0.2, -0.15) is 0 Å². The quantitative estimate of drug-likeness (QED) is 0.897. The van der Waals surface area contributed by atoms with Crippen LogP contribution < -0.4 is 15.4 Å². The highest BCUT2D eigenvalue weighted by Crippen LogP contribution is 2.31. The molecule has 4 heteroatoms. The molecule has 20 heavy (non-hydrogen) atoms. The van der Waals surface area contributed by atoms with Crippen molar-refractivity contribution in [3.8, 4) is 5.88 Å². The van der Waals surface area contributed by atoms with E-state index in [0.717, 1.165) is 42.9 Å². The molecule has 0 atom stereocenters. The molecule has 0 spiro atoms. The third-order valence-corrected chi connectivity index (χ3v) is 3.74. The molecule has 1 saturated heterocycles. The molecule has 0 aliphatic carbocycles. The molecule has 1 aliphatic rings. The van der Waals surface area contributed by atoms with E-state index < -0.39 is 0 Å². The fourth-order valence-corrected chi connectivity index (χ4v) is 2.75. The number of hydrogen-bond donors (Lipinski definition) is 2. The molecule has 2 N–H and O–H groups in total. The second-order valence-corrected chi connectivity index (χ2v) is 5.12. The zero-order valence-electron chi connectivity index (χ0n) is 11.9. The van der Waals surface area contributed by atoms with Crippen LogP contribution in [0.3, 0.4) is 0 Å². The van der Waals surface area contributed by atoms with E-state index in [9.17, 15) is 0 Å². The van der Waals surface area contributed by atoms with Crippen LogP contribution in [0.1, 0.15) is 19.8 Å². The molecule has 0 amide bonds. The highest BCUT2D eigenvalue weighted by molar-refractivity contribution is 5.97. The number of fused-ring (bicyclic) bond motifs is 1. The first kappa shape index (κ1) is 13.2. The number of anilines is 1. The summed E-state index contributed by atoms with van der Waals surface area (Å²) in [6, 6.07) is 8.87. The minimum Gasteiger partial charge on any atom is -0.477 e. The van der Waals surface area contributed by atoms with Crippen molar-refractivity contribution in [2.75, 3.05) is 25.0 Å². The van der Waals surface area contributed by atoms with Gasteiger partial charge in [0.15, 0.2) is 0 Å². The summed E-state index contributed by atoms with van der Waals surface area (Å²) in [6.07, 6.45) is 4.11. The SMILES string of the molecule is CCOc1nccc2cccc(NC3CCNCC3)c12. The fourth-order valence-electron chi connectivity index (χ4n) is 2.75.